The Hall–Kier alpha value is -4.34. The molecule has 7 nitrogen and oxygen atoms in total. The summed E-state index contributed by atoms with van der Waals surface area (Å²) in [5, 5.41) is 0. The van der Waals surface area contributed by atoms with E-state index >= 15 is 0 Å². The Labute approximate surface area is 203 Å². The highest BCUT2D eigenvalue weighted by Crippen LogP contribution is 2.33. The summed E-state index contributed by atoms with van der Waals surface area (Å²) in [5.74, 6) is 1.24. The van der Waals surface area contributed by atoms with Crippen molar-refractivity contribution >= 4 is 0 Å². The Balaban J connectivity index is 1.29. The van der Waals surface area contributed by atoms with Crippen LogP contribution in [0.2, 0.25) is 0 Å². The maximum absolute atomic E-state index is 12.9. The van der Waals surface area contributed by atoms with Crippen molar-refractivity contribution in [2.75, 3.05) is 7.11 Å². The standard InChI is InChI=1S/C26H20F3N3O4/c1-34-19-7-8-22-16(11-19)9-10-32-23(22)13-24(31-25(32)33)35-15-18-5-6-21(14-30-18)36-20-4-2-3-17(12-20)26(27,28)29/h2-8,11-14H,9-10,15H2,1H3. The lowest BCUT2D eigenvalue weighted by atomic mass is 9.97. The number of ether oxygens (including phenoxy) is 3. The minimum Gasteiger partial charge on any atom is -0.497 e. The van der Waals surface area contributed by atoms with Gasteiger partial charge in [-0.15, -0.1) is 0 Å². The smallest absolute Gasteiger partial charge is 0.416 e. The van der Waals surface area contributed by atoms with Crippen LogP contribution in [0.25, 0.3) is 11.3 Å². The lowest BCUT2D eigenvalue weighted by molar-refractivity contribution is -0.137. The van der Waals surface area contributed by atoms with Gasteiger partial charge in [-0.25, -0.2) is 4.79 Å². The summed E-state index contributed by atoms with van der Waals surface area (Å²) in [5.41, 5.74) is 2.03. The quantitative estimate of drug-likeness (QED) is 0.363. The Morgan fingerprint density at radius 2 is 1.83 bits per heavy atom. The minimum absolute atomic E-state index is 0.0369. The summed E-state index contributed by atoms with van der Waals surface area (Å²) >= 11 is 0. The number of alkyl halides is 3. The molecule has 0 radical (unpaired) electrons. The van der Waals surface area contributed by atoms with E-state index in [4.69, 9.17) is 14.2 Å². The number of pyridine rings is 1. The average Bonchev–Trinajstić information content (AvgIpc) is 2.87. The fraction of sp³-hybridized carbons (Fsp3) is 0.192. The number of nitrogens with zero attached hydrogens (tertiary/aromatic N) is 3. The highest BCUT2D eigenvalue weighted by atomic mass is 19.4. The van der Waals surface area contributed by atoms with Crippen LogP contribution in [0, 0.1) is 0 Å². The van der Waals surface area contributed by atoms with E-state index in [0.717, 1.165) is 29.0 Å². The Bertz CT molecular complexity index is 1470. The number of aromatic nitrogens is 3. The maximum atomic E-state index is 12.9. The summed E-state index contributed by atoms with van der Waals surface area (Å²) in [6, 6.07) is 15.2. The number of fused-ring (bicyclic) bond motifs is 3. The fourth-order valence-corrected chi connectivity index (χ4v) is 3.96. The first-order valence-corrected chi connectivity index (χ1v) is 11.0. The molecule has 0 saturated heterocycles. The number of methoxy groups -OCH3 is 1. The molecule has 1 aliphatic heterocycles. The predicted molar refractivity (Wildman–Crippen MR) is 124 cm³/mol. The van der Waals surface area contributed by atoms with Crippen LogP contribution in [0.15, 0.2) is 71.7 Å². The van der Waals surface area contributed by atoms with Gasteiger partial charge >= 0.3 is 11.9 Å². The van der Waals surface area contributed by atoms with Gasteiger partial charge in [0.05, 0.1) is 30.3 Å². The molecule has 36 heavy (non-hydrogen) atoms. The molecule has 0 atom stereocenters. The van der Waals surface area contributed by atoms with Gasteiger partial charge in [0.2, 0.25) is 5.88 Å². The minimum atomic E-state index is -4.46. The van der Waals surface area contributed by atoms with E-state index in [0.29, 0.717) is 24.4 Å². The largest absolute Gasteiger partial charge is 0.497 e. The van der Waals surface area contributed by atoms with Crippen molar-refractivity contribution in [2.24, 2.45) is 0 Å². The molecular formula is C26H20F3N3O4. The van der Waals surface area contributed by atoms with Crippen LogP contribution in [0.4, 0.5) is 13.2 Å². The summed E-state index contributed by atoms with van der Waals surface area (Å²) in [6.07, 6.45) is -2.38. The molecule has 0 aliphatic carbocycles. The molecule has 1 aliphatic rings. The SMILES string of the molecule is COc1ccc2c(c1)CCn1c-2cc(OCc2ccc(Oc3cccc(C(F)(F)F)c3)cn2)nc1=O. The van der Waals surface area contributed by atoms with Gasteiger partial charge in [-0.2, -0.15) is 18.2 Å². The molecule has 2 aromatic heterocycles. The van der Waals surface area contributed by atoms with E-state index < -0.39 is 17.4 Å². The molecule has 0 bridgehead atoms. The number of halogens is 3. The zero-order valence-corrected chi connectivity index (χ0v) is 19.1. The lowest BCUT2D eigenvalue weighted by Crippen LogP contribution is -2.28. The van der Waals surface area contributed by atoms with E-state index in [9.17, 15) is 18.0 Å². The van der Waals surface area contributed by atoms with Gasteiger partial charge in [0, 0.05) is 18.2 Å². The summed E-state index contributed by atoms with van der Waals surface area (Å²) < 4.78 is 56.8. The molecule has 4 aromatic rings. The molecule has 0 saturated carbocycles. The first kappa shape index (κ1) is 23.4. The fourth-order valence-electron chi connectivity index (χ4n) is 3.96. The molecule has 2 aromatic carbocycles. The molecule has 0 spiro atoms. The third-order valence-corrected chi connectivity index (χ3v) is 5.74. The highest BCUT2D eigenvalue weighted by Gasteiger charge is 2.30. The van der Waals surface area contributed by atoms with E-state index in [1.54, 1.807) is 29.9 Å². The first-order chi connectivity index (χ1) is 17.3. The van der Waals surface area contributed by atoms with Crippen molar-refractivity contribution < 1.29 is 27.4 Å². The van der Waals surface area contributed by atoms with Gasteiger partial charge in [-0.1, -0.05) is 6.07 Å². The van der Waals surface area contributed by atoms with E-state index in [1.165, 1.54) is 18.3 Å². The Morgan fingerprint density at radius 1 is 1.00 bits per heavy atom. The molecule has 5 rings (SSSR count). The summed E-state index contributed by atoms with van der Waals surface area (Å²) in [6.45, 7) is 0.547. The number of benzene rings is 2. The Kier molecular flexibility index (Phi) is 6.09. The van der Waals surface area contributed by atoms with Crippen molar-refractivity contribution in [3.05, 3.63) is 94.2 Å². The average molecular weight is 495 g/mol. The van der Waals surface area contributed by atoms with Gasteiger partial charge in [-0.3, -0.25) is 9.55 Å². The van der Waals surface area contributed by atoms with E-state index in [2.05, 4.69) is 9.97 Å². The van der Waals surface area contributed by atoms with Crippen LogP contribution < -0.4 is 19.9 Å². The van der Waals surface area contributed by atoms with Crippen LogP contribution >= 0.6 is 0 Å². The van der Waals surface area contributed by atoms with Crippen LogP contribution in [0.1, 0.15) is 16.8 Å². The monoisotopic (exact) mass is 495 g/mol. The molecule has 3 heterocycles. The van der Waals surface area contributed by atoms with Gasteiger partial charge in [-0.05, 0) is 60.5 Å². The van der Waals surface area contributed by atoms with Crippen LogP contribution in [-0.4, -0.2) is 21.6 Å². The topological polar surface area (TPSA) is 75.5 Å². The first-order valence-electron chi connectivity index (χ1n) is 11.0. The molecule has 0 N–H and O–H groups in total. The summed E-state index contributed by atoms with van der Waals surface area (Å²) in [4.78, 5) is 20.8. The van der Waals surface area contributed by atoms with Gasteiger partial charge in [0.25, 0.3) is 0 Å². The normalized spacial score (nSPS) is 12.4. The second-order valence-corrected chi connectivity index (χ2v) is 8.09. The van der Waals surface area contributed by atoms with Crippen molar-refractivity contribution in [3.8, 4) is 34.4 Å². The van der Waals surface area contributed by atoms with Gasteiger partial charge < -0.3 is 14.2 Å². The molecule has 10 heteroatoms. The van der Waals surface area contributed by atoms with Crippen LogP contribution in [-0.2, 0) is 25.7 Å². The third-order valence-electron chi connectivity index (χ3n) is 5.74. The van der Waals surface area contributed by atoms with Crippen molar-refractivity contribution in [1.82, 2.24) is 14.5 Å². The molecular weight excluding hydrogens is 475 g/mol. The second kappa shape index (κ2) is 9.37. The van der Waals surface area contributed by atoms with E-state index in [1.807, 2.05) is 18.2 Å². The second-order valence-electron chi connectivity index (χ2n) is 8.09. The van der Waals surface area contributed by atoms with E-state index in [-0.39, 0.29) is 24.0 Å². The lowest BCUT2D eigenvalue weighted by Gasteiger charge is -2.22. The molecule has 0 amide bonds. The maximum Gasteiger partial charge on any atom is 0.416 e. The zero-order valence-electron chi connectivity index (χ0n) is 19.1. The van der Waals surface area contributed by atoms with Crippen molar-refractivity contribution in [2.45, 2.75) is 25.7 Å². The Morgan fingerprint density at radius 3 is 2.58 bits per heavy atom. The predicted octanol–water partition coefficient (Wildman–Crippen LogP) is 5.26. The van der Waals surface area contributed by atoms with Gasteiger partial charge in [0.1, 0.15) is 23.9 Å². The summed E-state index contributed by atoms with van der Waals surface area (Å²) in [7, 11) is 1.61. The molecule has 184 valence electrons. The zero-order chi connectivity index (χ0) is 25.3. The van der Waals surface area contributed by atoms with Gasteiger partial charge in [0.15, 0.2) is 0 Å². The van der Waals surface area contributed by atoms with Crippen LogP contribution in [0.3, 0.4) is 0 Å². The third kappa shape index (κ3) is 4.88. The molecule has 0 unspecified atom stereocenters. The number of hydrogen-bond donors (Lipinski definition) is 0. The number of hydrogen-bond acceptors (Lipinski definition) is 6. The van der Waals surface area contributed by atoms with Crippen molar-refractivity contribution in [1.29, 1.82) is 0 Å². The molecule has 0 fully saturated rings. The number of aryl methyl sites for hydroxylation is 1. The van der Waals surface area contributed by atoms with Crippen molar-refractivity contribution in [3.63, 3.8) is 0 Å². The van der Waals surface area contributed by atoms with Crippen LogP contribution in [0.5, 0.6) is 23.1 Å². The number of rotatable bonds is 6. The highest BCUT2D eigenvalue weighted by molar-refractivity contribution is 5.67.